The van der Waals surface area contributed by atoms with Gasteiger partial charge in [-0.25, -0.2) is 9.97 Å². The van der Waals surface area contributed by atoms with Crippen LogP contribution < -0.4 is 4.74 Å². The standard InChI is InChI=1S/C14H13N7O/c1-8-7-17-10(9(2)11(8)22-3)12-18-20-14(21-19-12)13-15-5-4-6-16-13/h4-7H,1-3H3. The number of aryl methyl sites for hydroxylation is 1. The fourth-order valence-corrected chi connectivity index (χ4v) is 2.09. The fourth-order valence-electron chi connectivity index (χ4n) is 2.09. The first-order chi connectivity index (χ1) is 10.7. The predicted octanol–water partition coefficient (Wildman–Crippen LogP) is 1.41. The lowest BCUT2D eigenvalue weighted by atomic mass is 10.1. The molecule has 0 atom stereocenters. The Balaban J connectivity index is 2.01. The molecular weight excluding hydrogens is 282 g/mol. The monoisotopic (exact) mass is 295 g/mol. The fraction of sp³-hybridized carbons (Fsp3) is 0.214. The molecule has 3 rings (SSSR count). The minimum atomic E-state index is 0.265. The van der Waals surface area contributed by atoms with E-state index < -0.39 is 0 Å². The zero-order chi connectivity index (χ0) is 15.5. The summed E-state index contributed by atoms with van der Waals surface area (Å²) in [5, 5.41) is 16.2. The average Bonchev–Trinajstić information content (AvgIpc) is 2.56. The molecule has 0 spiro atoms. The van der Waals surface area contributed by atoms with E-state index >= 15 is 0 Å². The maximum absolute atomic E-state index is 5.37. The topological polar surface area (TPSA) is 99.5 Å². The van der Waals surface area contributed by atoms with Crippen LogP contribution in [0.5, 0.6) is 5.75 Å². The molecule has 0 saturated heterocycles. The molecule has 0 saturated carbocycles. The van der Waals surface area contributed by atoms with Crippen LogP contribution in [0, 0.1) is 13.8 Å². The second-order valence-electron chi connectivity index (χ2n) is 4.57. The van der Waals surface area contributed by atoms with Crippen LogP contribution in [-0.4, -0.2) is 42.5 Å². The van der Waals surface area contributed by atoms with E-state index in [9.17, 15) is 0 Å². The van der Waals surface area contributed by atoms with Gasteiger partial charge in [-0.1, -0.05) is 0 Å². The van der Waals surface area contributed by atoms with E-state index in [2.05, 4.69) is 35.3 Å². The van der Waals surface area contributed by atoms with Crippen molar-refractivity contribution in [3.05, 3.63) is 35.8 Å². The highest BCUT2D eigenvalue weighted by molar-refractivity contribution is 5.60. The van der Waals surface area contributed by atoms with Crippen LogP contribution >= 0.6 is 0 Å². The third kappa shape index (κ3) is 2.46. The van der Waals surface area contributed by atoms with Gasteiger partial charge in [-0.2, -0.15) is 0 Å². The van der Waals surface area contributed by atoms with Crippen LogP contribution in [0.25, 0.3) is 23.2 Å². The molecule has 0 fully saturated rings. The molecule has 0 N–H and O–H groups in total. The molecule has 0 amide bonds. The molecular formula is C14H13N7O. The highest BCUT2D eigenvalue weighted by Gasteiger charge is 2.15. The first kappa shape index (κ1) is 13.9. The number of ether oxygens (including phenoxy) is 1. The zero-order valence-electron chi connectivity index (χ0n) is 12.3. The maximum atomic E-state index is 5.37. The summed E-state index contributed by atoms with van der Waals surface area (Å²) in [6.07, 6.45) is 4.92. The third-order valence-electron chi connectivity index (χ3n) is 3.10. The van der Waals surface area contributed by atoms with Gasteiger partial charge in [0.05, 0.1) is 7.11 Å². The Kier molecular flexibility index (Phi) is 3.65. The van der Waals surface area contributed by atoms with Gasteiger partial charge in [0.25, 0.3) is 0 Å². The molecule has 3 heterocycles. The lowest BCUT2D eigenvalue weighted by Gasteiger charge is -2.10. The molecule has 0 aliphatic heterocycles. The van der Waals surface area contributed by atoms with Crippen LogP contribution in [0.4, 0.5) is 0 Å². The number of rotatable bonds is 3. The number of hydrogen-bond acceptors (Lipinski definition) is 8. The molecule has 0 radical (unpaired) electrons. The van der Waals surface area contributed by atoms with Crippen molar-refractivity contribution in [1.82, 2.24) is 35.3 Å². The van der Waals surface area contributed by atoms with Gasteiger partial charge in [-0.15, -0.1) is 20.4 Å². The number of nitrogens with zero attached hydrogens (tertiary/aromatic N) is 7. The molecule has 0 aromatic carbocycles. The summed E-state index contributed by atoms with van der Waals surface area (Å²) in [7, 11) is 1.62. The molecule has 110 valence electrons. The van der Waals surface area contributed by atoms with Gasteiger partial charge in [0, 0.05) is 29.7 Å². The Bertz CT molecular complexity index is 790. The van der Waals surface area contributed by atoms with Gasteiger partial charge in [0.1, 0.15) is 11.4 Å². The Labute approximate surface area is 126 Å². The van der Waals surface area contributed by atoms with E-state index in [4.69, 9.17) is 4.74 Å². The molecule has 3 aromatic heterocycles. The van der Waals surface area contributed by atoms with Crippen molar-refractivity contribution in [2.45, 2.75) is 13.8 Å². The summed E-state index contributed by atoms with van der Waals surface area (Å²) >= 11 is 0. The number of methoxy groups -OCH3 is 1. The lowest BCUT2D eigenvalue weighted by Crippen LogP contribution is -2.04. The Morgan fingerprint density at radius 2 is 1.45 bits per heavy atom. The second kappa shape index (κ2) is 5.76. The van der Waals surface area contributed by atoms with E-state index in [1.165, 1.54) is 0 Å². The smallest absolute Gasteiger partial charge is 0.240 e. The number of aromatic nitrogens is 7. The highest BCUT2D eigenvalue weighted by Crippen LogP contribution is 2.28. The van der Waals surface area contributed by atoms with Crippen molar-refractivity contribution in [3.63, 3.8) is 0 Å². The SMILES string of the molecule is COc1c(C)cnc(-c2nnc(-c3ncccn3)nn2)c1C. The summed E-state index contributed by atoms with van der Waals surface area (Å²) < 4.78 is 5.37. The second-order valence-corrected chi connectivity index (χ2v) is 4.57. The van der Waals surface area contributed by atoms with Gasteiger partial charge in [-0.05, 0) is 19.9 Å². The Hall–Kier alpha value is -3.03. The molecule has 8 nitrogen and oxygen atoms in total. The van der Waals surface area contributed by atoms with Gasteiger partial charge >= 0.3 is 0 Å². The van der Waals surface area contributed by atoms with E-state index in [-0.39, 0.29) is 5.82 Å². The van der Waals surface area contributed by atoms with E-state index in [1.54, 1.807) is 31.8 Å². The minimum Gasteiger partial charge on any atom is -0.496 e. The van der Waals surface area contributed by atoms with Crippen LogP contribution in [0.1, 0.15) is 11.1 Å². The number of hydrogen-bond donors (Lipinski definition) is 0. The first-order valence-electron chi connectivity index (χ1n) is 6.56. The lowest BCUT2D eigenvalue weighted by molar-refractivity contribution is 0.408. The van der Waals surface area contributed by atoms with Crippen molar-refractivity contribution >= 4 is 0 Å². The molecule has 8 heteroatoms. The van der Waals surface area contributed by atoms with Crippen LogP contribution in [0.15, 0.2) is 24.7 Å². The average molecular weight is 295 g/mol. The van der Waals surface area contributed by atoms with E-state index in [1.807, 2.05) is 13.8 Å². The summed E-state index contributed by atoms with van der Waals surface area (Å²) in [5.74, 6) is 1.72. The van der Waals surface area contributed by atoms with Crippen molar-refractivity contribution in [2.24, 2.45) is 0 Å². The van der Waals surface area contributed by atoms with E-state index in [0.29, 0.717) is 17.3 Å². The molecule has 0 aliphatic rings. The van der Waals surface area contributed by atoms with Crippen LogP contribution in [0.3, 0.4) is 0 Å². The van der Waals surface area contributed by atoms with Gasteiger partial charge in [0.15, 0.2) is 0 Å². The van der Waals surface area contributed by atoms with Crippen molar-refractivity contribution in [1.29, 1.82) is 0 Å². The predicted molar refractivity (Wildman–Crippen MR) is 77.9 cm³/mol. The Morgan fingerprint density at radius 3 is 2.09 bits per heavy atom. The normalized spacial score (nSPS) is 10.5. The van der Waals surface area contributed by atoms with Gasteiger partial charge in [-0.3, -0.25) is 4.98 Å². The van der Waals surface area contributed by atoms with Crippen molar-refractivity contribution in [3.8, 4) is 28.9 Å². The molecule has 0 bridgehead atoms. The zero-order valence-corrected chi connectivity index (χ0v) is 12.3. The largest absolute Gasteiger partial charge is 0.496 e. The van der Waals surface area contributed by atoms with Crippen molar-refractivity contribution in [2.75, 3.05) is 7.11 Å². The Morgan fingerprint density at radius 1 is 0.818 bits per heavy atom. The summed E-state index contributed by atoms with van der Waals surface area (Å²) in [5.41, 5.74) is 2.37. The third-order valence-corrected chi connectivity index (χ3v) is 3.10. The van der Waals surface area contributed by atoms with Crippen molar-refractivity contribution < 1.29 is 4.74 Å². The highest BCUT2D eigenvalue weighted by atomic mass is 16.5. The summed E-state index contributed by atoms with van der Waals surface area (Å²) in [6, 6.07) is 1.71. The minimum absolute atomic E-state index is 0.265. The molecule has 0 aliphatic carbocycles. The summed E-state index contributed by atoms with van der Waals surface area (Å²) in [4.78, 5) is 12.5. The molecule has 22 heavy (non-hydrogen) atoms. The first-order valence-corrected chi connectivity index (χ1v) is 6.56. The summed E-state index contributed by atoms with van der Waals surface area (Å²) in [6.45, 7) is 3.82. The van der Waals surface area contributed by atoms with Crippen LogP contribution in [0.2, 0.25) is 0 Å². The molecule has 3 aromatic rings. The quantitative estimate of drug-likeness (QED) is 0.715. The molecule has 0 unspecified atom stereocenters. The number of pyridine rings is 1. The van der Waals surface area contributed by atoms with Gasteiger partial charge in [0.2, 0.25) is 17.5 Å². The van der Waals surface area contributed by atoms with E-state index in [0.717, 1.165) is 16.9 Å². The van der Waals surface area contributed by atoms with Crippen LogP contribution in [-0.2, 0) is 0 Å². The maximum Gasteiger partial charge on any atom is 0.240 e. The van der Waals surface area contributed by atoms with Gasteiger partial charge < -0.3 is 4.74 Å².